The molecule has 0 aromatic heterocycles. The fraction of sp³-hybridized carbons (Fsp3) is 0.167. The van der Waals surface area contributed by atoms with Crippen LogP contribution in [0.3, 0.4) is 0 Å². The van der Waals surface area contributed by atoms with Gasteiger partial charge in [-0.1, -0.05) is 36.0 Å². The van der Waals surface area contributed by atoms with E-state index < -0.39 is 15.8 Å². The third-order valence-electron chi connectivity index (χ3n) is 4.07. The van der Waals surface area contributed by atoms with Crippen LogP contribution in [0.2, 0.25) is 0 Å². The fourth-order valence-electron chi connectivity index (χ4n) is 2.92. The Kier molecular flexibility index (Phi) is 4.46. The minimum atomic E-state index is -3.62. The Balaban J connectivity index is 1.46. The van der Waals surface area contributed by atoms with E-state index in [1.54, 1.807) is 30.0 Å². The summed E-state index contributed by atoms with van der Waals surface area (Å²) in [5.74, 6) is -0.725. The molecule has 0 fully saturated rings. The van der Waals surface area contributed by atoms with E-state index in [9.17, 15) is 12.8 Å². The SMILES string of the molecule is O=S(=O)(Cc1cccc(F)c1)Nc1ccc(C2=CSC3=NCCN23)cc1. The Labute approximate surface area is 155 Å². The molecule has 2 aromatic rings. The highest BCUT2D eigenvalue weighted by Gasteiger charge is 2.26. The molecule has 0 saturated heterocycles. The number of fused-ring (bicyclic) bond motifs is 1. The average Bonchev–Trinajstić information content (AvgIpc) is 3.18. The zero-order chi connectivity index (χ0) is 18.1. The maximum absolute atomic E-state index is 13.2. The number of nitrogens with zero attached hydrogens (tertiary/aromatic N) is 2. The van der Waals surface area contributed by atoms with Gasteiger partial charge in [0.15, 0.2) is 5.17 Å². The molecule has 4 rings (SSSR count). The summed E-state index contributed by atoms with van der Waals surface area (Å²) >= 11 is 1.60. The summed E-state index contributed by atoms with van der Waals surface area (Å²) in [4.78, 5) is 6.58. The number of hydrogen-bond donors (Lipinski definition) is 1. The number of amidine groups is 1. The number of aliphatic imine (C=N–C) groups is 1. The van der Waals surface area contributed by atoms with Gasteiger partial charge in [-0.3, -0.25) is 9.71 Å². The molecule has 2 heterocycles. The van der Waals surface area contributed by atoms with Gasteiger partial charge in [0.05, 0.1) is 18.0 Å². The smallest absolute Gasteiger partial charge is 0.236 e. The van der Waals surface area contributed by atoms with Crippen molar-refractivity contribution in [1.29, 1.82) is 0 Å². The molecule has 134 valence electrons. The highest BCUT2D eigenvalue weighted by Crippen LogP contribution is 2.35. The first kappa shape index (κ1) is 17.1. The van der Waals surface area contributed by atoms with Gasteiger partial charge in [0.2, 0.25) is 10.0 Å². The number of thioether (sulfide) groups is 1. The quantitative estimate of drug-likeness (QED) is 0.850. The van der Waals surface area contributed by atoms with Crippen molar-refractivity contribution < 1.29 is 12.8 Å². The van der Waals surface area contributed by atoms with E-state index in [0.717, 1.165) is 29.5 Å². The van der Waals surface area contributed by atoms with E-state index >= 15 is 0 Å². The number of sulfonamides is 1. The van der Waals surface area contributed by atoms with Crippen LogP contribution in [0.4, 0.5) is 10.1 Å². The molecule has 0 unspecified atom stereocenters. The largest absolute Gasteiger partial charge is 0.318 e. The number of anilines is 1. The van der Waals surface area contributed by atoms with Crippen LogP contribution in [0.5, 0.6) is 0 Å². The highest BCUT2D eigenvalue weighted by atomic mass is 32.2. The van der Waals surface area contributed by atoms with E-state index in [0.29, 0.717) is 11.3 Å². The van der Waals surface area contributed by atoms with Gasteiger partial charge in [0, 0.05) is 17.6 Å². The van der Waals surface area contributed by atoms with Crippen molar-refractivity contribution in [2.45, 2.75) is 5.75 Å². The Morgan fingerprint density at radius 1 is 1.19 bits per heavy atom. The predicted molar refractivity (Wildman–Crippen MR) is 104 cm³/mol. The summed E-state index contributed by atoms with van der Waals surface area (Å²) in [5, 5.41) is 3.07. The van der Waals surface area contributed by atoms with Gasteiger partial charge in [-0.15, -0.1) is 0 Å². The summed E-state index contributed by atoms with van der Waals surface area (Å²) in [6.45, 7) is 1.67. The van der Waals surface area contributed by atoms with Crippen molar-refractivity contribution in [3.63, 3.8) is 0 Å². The molecule has 2 aromatic carbocycles. The minimum Gasteiger partial charge on any atom is -0.318 e. The van der Waals surface area contributed by atoms with Crippen LogP contribution in [-0.2, 0) is 15.8 Å². The summed E-state index contributed by atoms with van der Waals surface area (Å²) in [5.41, 5.74) is 2.98. The van der Waals surface area contributed by atoms with Gasteiger partial charge in [-0.05, 0) is 35.4 Å². The molecule has 0 atom stereocenters. The van der Waals surface area contributed by atoms with Gasteiger partial charge in [0.1, 0.15) is 5.82 Å². The first-order chi connectivity index (χ1) is 12.5. The molecule has 1 N–H and O–H groups in total. The molecule has 8 heteroatoms. The Morgan fingerprint density at radius 2 is 2.00 bits per heavy atom. The lowest BCUT2D eigenvalue weighted by molar-refractivity contribution is 0.599. The van der Waals surface area contributed by atoms with Crippen LogP contribution in [0.1, 0.15) is 11.1 Å². The molecule has 0 saturated carbocycles. The molecular formula is C18H16FN3O2S2. The highest BCUT2D eigenvalue weighted by molar-refractivity contribution is 8.16. The van der Waals surface area contributed by atoms with Gasteiger partial charge in [0.25, 0.3) is 0 Å². The fourth-order valence-corrected chi connectivity index (χ4v) is 5.07. The van der Waals surface area contributed by atoms with E-state index in [1.165, 1.54) is 18.2 Å². The number of hydrogen-bond acceptors (Lipinski definition) is 5. The monoisotopic (exact) mass is 389 g/mol. The van der Waals surface area contributed by atoms with Crippen LogP contribution in [-0.4, -0.2) is 31.6 Å². The first-order valence-electron chi connectivity index (χ1n) is 8.04. The summed E-state index contributed by atoms with van der Waals surface area (Å²) < 4.78 is 40.4. The molecule has 0 amide bonds. The van der Waals surface area contributed by atoms with Crippen molar-refractivity contribution in [2.75, 3.05) is 17.8 Å². The second-order valence-electron chi connectivity index (χ2n) is 6.01. The number of rotatable bonds is 5. The zero-order valence-electron chi connectivity index (χ0n) is 13.7. The molecule has 2 aliphatic rings. The summed E-state index contributed by atoms with van der Waals surface area (Å²) in [7, 11) is -3.62. The molecule has 5 nitrogen and oxygen atoms in total. The molecule has 0 bridgehead atoms. The lowest BCUT2D eigenvalue weighted by Crippen LogP contribution is -2.20. The molecular weight excluding hydrogens is 373 g/mol. The third kappa shape index (κ3) is 3.61. The average molecular weight is 389 g/mol. The predicted octanol–water partition coefficient (Wildman–Crippen LogP) is 3.48. The zero-order valence-corrected chi connectivity index (χ0v) is 15.4. The maximum atomic E-state index is 13.2. The van der Waals surface area contributed by atoms with Gasteiger partial charge in [-0.25, -0.2) is 12.8 Å². The number of benzene rings is 2. The number of halogens is 1. The Hall–Kier alpha value is -2.32. The van der Waals surface area contributed by atoms with Crippen LogP contribution in [0.25, 0.3) is 5.70 Å². The van der Waals surface area contributed by atoms with Crippen molar-refractivity contribution in [3.8, 4) is 0 Å². The van der Waals surface area contributed by atoms with E-state index in [1.807, 2.05) is 12.1 Å². The Morgan fingerprint density at radius 3 is 2.77 bits per heavy atom. The van der Waals surface area contributed by atoms with Crippen LogP contribution in [0, 0.1) is 5.82 Å². The van der Waals surface area contributed by atoms with Gasteiger partial charge < -0.3 is 4.90 Å². The molecule has 26 heavy (non-hydrogen) atoms. The van der Waals surface area contributed by atoms with Crippen molar-refractivity contribution in [3.05, 3.63) is 70.9 Å². The maximum Gasteiger partial charge on any atom is 0.236 e. The standard InChI is InChI=1S/C18H16FN3O2S2/c19-15-3-1-2-13(10-15)12-26(23,24)21-16-6-4-14(5-7-16)17-11-25-18-20-8-9-22(17)18/h1-7,10-11,21H,8-9,12H2. The molecule has 0 spiro atoms. The second-order valence-corrected chi connectivity index (χ2v) is 8.56. The molecule has 0 aliphatic carbocycles. The van der Waals surface area contributed by atoms with E-state index in [4.69, 9.17) is 0 Å². The third-order valence-corrected chi connectivity index (χ3v) is 6.23. The van der Waals surface area contributed by atoms with Crippen LogP contribution >= 0.6 is 11.8 Å². The normalized spacial score (nSPS) is 16.3. The van der Waals surface area contributed by atoms with E-state index in [2.05, 4.69) is 20.0 Å². The van der Waals surface area contributed by atoms with Crippen molar-refractivity contribution >= 4 is 38.3 Å². The summed E-state index contributed by atoms with van der Waals surface area (Å²) in [6, 6.07) is 12.8. The topological polar surface area (TPSA) is 61.8 Å². The van der Waals surface area contributed by atoms with Crippen LogP contribution in [0.15, 0.2) is 58.9 Å². The van der Waals surface area contributed by atoms with Gasteiger partial charge in [-0.2, -0.15) is 0 Å². The van der Waals surface area contributed by atoms with Crippen LogP contribution < -0.4 is 4.72 Å². The number of nitrogens with one attached hydrogen (secondary N) is 1. The molecule has 2 aliphatic heterocycles. The van der Waals surface area contributed by atoms with Crippen molar-refractivity contribution in [1.82, 2.24) is 4.90 Å². The Bertz CT molecular complexity index is 1000. The second kappa shape index (κ2) is 6.77. The lowest BCUT2D eigenvalue weighted by Gasteiger charge is -2.17. The summed E-state index contributed by atoms with van der Waals surface area (Å²) in [6.07, 6.45) is 0. The van der Waals surface area contributed by atoms with Crippen molar-refractivity contribution in [2.24, 2.45) is 4.99 Å². The van der Waals surface area contributed by atoms with E-state index in [-0.39, 0.29) is 5.75 Å². The minimum absolute atomic E-state index is 0.276. The van der Waals surface area contributed by atoms with Gasteiger partial charge >= 0.3 is 0 Å². The molecule has 0 radical (unpaired) electrons. The first-order valence-corrected chi connectivity index (χ1v) is 10.6. The lowest BCUT2D eigenvalue weighted by atomic mass is 10.1.